The van der Waals surface area contributed by atoms with Gasteiger partial charge in [-0.05, 0) is 32.2 Å². The van der Waals surface area contributed by atoms with Gasteiger partial charge in [0.2, 0.25) is 0 Å². The maximum atomic E-state index is 11.1. The summed E-state index contributed by atoms with van der Waals surface area (Å²) in [6.07, 6.45) is 1.11. The second-order valence-corrected chi connectivity index (χ2v) is 4.04. The summed E-state index contributed by atoms with van der Waals surface area (Å²) in [5, 5.41) is 0. The van der Waals surface area contributed by atoms with E-state index in [1.54, 1.807) is 6.92 Å². The average molecular weight is 213 g/mol. The summed E-state index contributed by atoms with van der Waals surface area (Å²) >= 11 is 0. The highest BCUT2D eigenvalue weighted by Crippen LogP contribution is 2.52. The Bertz CT molecular complexity index is 203. The third kappa shape index (κ3) is 2.81. The van der Waals surface area contributed by atoms with Crippen LogP contribution in [0.4, 0.5) is 0 Å². The van der Waals surface area contributed by atoms with Crippen molar-refractivity contribution in [1.29, 1.82) is 0 Å². The molecule has 1 aliphatic heterocycles. The highest BCUT2D eigenvalue weighted by molar-refractivity contribution is 5.82. The molecule has 1 saturated heterocycles. The number of carbonyl (C=O) groups is 1. The summed E-state index contributed by atoms with van der Waals surface area (Å²) in [6, 6.07) is 0.963. The number of nitrogens with zero attached hydrogens (tertiary/aromatic N) is 1. The smallest absolute Gasteiger partial charge is 0.146 e. The highest BCUT2D eigenvalue weighted by atomic mass is 16.1. The van der Waals surface area contributed by atoms with Crippen molar-refractivity contribution in [1.82, 2.24) is 4.90 Å². The van der Waals surface area contributed by atoms with E-state index in [1.807, 2.05) is 27.7 Å². The van der Waals surface area contributed by atoms with Crippen molar-refractivity contribution < 1.29 is 4.79 Å². The van der Waals surface area contributed by atoms with Crippen LogP contribution in [0, 0.1) is 11.8 Å². The normalized spacial score (nSPS) is 36.7. The zero-order chi connectivity index (χ0) is 12.2. The zero-order valence-electron chi connectivity index (χ0n) is 11.4. The molecule has 1 saturated carbocycles. The van der Waals surface area contributed by atoms with Crippen LogP contribution < -0.4 is 0 Å². The number of hydrogen-bond acceptors (Lipinski definition) is 2. The number of rotatable bonds is 1. The summed E-state index contributed by atoms with van der Waals surface area (Å²) < 4.78 is 0. The van der Waals surface area contributed by atoms with Crippen LogP contribution in [0.5, 0.6) is 0 Å². The van der Waals surface area contributed by atoms with Crippen molar-refractivity contribution in [3.63, 3.8) is 0 Å². The molecular weight excluding hydrogens is 186 g/mol. The lowest BCUT2D eigenvalue weighted by Gasteiger charge is -2.21. The van der Waals surface area contributed by atoms with E-state index in [2.05, 4.69) is 18.9 Å². The topological polar surface area (TPSA) is 20.3 Å². The van der Waals surface area contributed by atoms with Crippen molar-refractivity contribution in [3.8, 4) is 0 Å². The van der Waals surface area contributed by atoms with Gasteiger partial charge < -0.3 is 0 Å². The van der Waals surface area contributed by atoms with E-state index in [-0.39, 0.29) is 6.04 Å². The third-order valence-electron chi connectivity index (χ3n) is 3.44. The lowest BCUT2D eigenvalue weighted by molar-refractivity contribution is -0.121. The van der Waals surface area contributed by atoms with Crippen LogP contribution in [0.2, 0.25) is 0 Å². The molecule has 2 aliphatic rings. The summed E-state index contributed by atoms with van der Waals surface area (Å²) in [5.41, 5.74) is 0. The van der Waals surface area contributed by atoms with Crippen molar-refractivity contribution in [2.75, 3.05) is 7.05 Å². The van der Waals surface area contributed by atoms with Gasteiger partial charge >= 0.3 is 0 Å². The second-order valence-electron chi connectivity index (χ2n) is 4.04. The fourth-order valence-electron chi connectivity index (χ4n) is 2.63. The fourth-order valence-corrected chi connectivity index (χ4v) is 2.63. The standard InChI is InChI=1S/C9H15NO.2C2H6/c1-5-7-4-8(6(2)11)10(3)9(5)7;2*1-2/h5,7-9H,4H2,1-3H3;2*1-2H3/t5-,7?,8-,9?;;/m0../s1. The predicted octanol–water partition coefficient (Wildman–Crippen LogP) is 2.97. The largest absolute Gasteiger partial charge is 0.298 e. The van der Waals surface area contributed by atoms with Gasteiger partial charge in [0.1, 0.15) is 5.78 Å². The zero-order valence-corrected chi connectivity index (χ0v) is 11.4. The van der Waals surface area contributed by atoms with E-state index in [9.17, 15) is 4.79 Å². The molecule has 0 radical (unpaired) electrons. The number of hydrogen-bond donors (Lipinski definition) is 0. The van der Waals surface area contributed by atoms with Crippen molar-refractivity contribution >= 4 is 5.78 Å². The van der Waals surface area contributed by atoms with Crippen LogP contribution in [0.15, 0.2) is 0 Å². The van der Waals surface area contributed by atoms with Crippen molar-refractivity contribution in [2.24, 2.45) is 11.8 Å². The predicted molar refractivity (Wildman–Crippen MR) is 66.0 cm³/mol. The third-order valence-corrected chi connectivity index (χ3v) is 3.44. The Hall–Kier alpha value is -0.370. The number of carbonyl (C=O) groups excluding carboxylic acids is 1. The Kier molecular flexibility index (Phi) is 6.11. The molecule has 2 heteroatoms. The maximum absolute atomic E-state index is 11.1. The monoisotopic (exact) mass is 213 g/mol. The molecule has 0 aromatic carbocycles. The fraction of sp³-hybridized carbons (Fsp3) is 0.923. The Morgan fingerprint density at radius 3 is 1.93 bits per heavy atom. The van der Waals surface area contributed by atoms with Crippen molar-refractivity contribution in [3.05, 3.63) is 0 Å². The SMILES string of the molecule is CC.CC.CC(=O)[C@@H]1CC2C([C@H]2C)N1C. The minimum Gasteiger partial charge on any atom is -0.298 e. The van der Waals surface area contributed by atoms with Gasteiger partial charge in [-0.2, -0.15) is 0 Å². The molecule has 0 amide bonds. The number of Topliss-reactive ketones (excluding diaryl/α,β-unsaturated/α-hetero) is 1. The molecular formula is C13H27NO. The van der Waals surface area contributed by atoms with E-state index >= 15 is 0 Å². The van der Waals surface area contributed by atoms with Crippen LogP contribution in [-0.4, -0.2) is 29.8 Å². The van der Waals surface area contributed by atoms with Crippen LogP contribution in [0.3, 0.4) is 0 Å². The van der Waals surface area contributed by atoms with Gasteiger partial charge in [0.05, 0.1) is 6.04 Å². The minimum atomic E-state index is 0.237. The van der Waals surface area contributed by atoms with E-state index in [4.69, 9.17) is 0 Å². The molecule has 0 aromatic heterocycles. The van der Waals surface area contributed by atoms with E-state index in [0.29, 0.717) is 5.78 Å². The first kappa shape index (κ1) is 14.6. The van der Waals surface area contributed by atoms with Gasteiger partial charge in [-0.1, -0.05) is 34.6 Å². The van der Waals surface area contributed by atoms with Gasteiger partial charge in [0.25, 0.3) is 0 Å². The Balaban J connectivity index is 0.000000442. The summed E-state index contributed by atoms with van der Waals surface area (Å²) in [4.78, 5) is 13.3. The highest BCUT2D eigenvalue weighted by Gasteiger charge is 2.57. The molecule has 2 rings (SSSR count). The first-order chi connectivity index (χ1) is 7.13. The molecule has 0 aromatic rings. The molecule has 0 bridgehead atoms. The molecule has 4 atom stereocenters. The summed E-state index contributed by atoms with van der Waals surface area (Å²) in [7, 11) is 2.08. The van der Waals surface area contributed by atoms with E-state index in [0.717, 1.165) is 24.3 Å². The van der Waals surface area contributed by atoms with Crippen molar-refractivity contribution in [2.45, 2.75) is 60.0 Å². The van der Waals surface area contributed by atoms with Crippen LogP contribution in [0.25, 0.3) is 0 Å². The van der Waals surface area contributed by atoms with Gasteiger partial charge in [-0.3, -0.25) is 9.69 Å². The lowest BCUT2D eigenvalue weighted by Crippen LogP contribution is -2.35. The van der Waals surface area contributed by atoms with Gasteiger partial charge in [-0.15, -0.1) is 0 Å². The molecule has 2 fully saturated rings. The summed E-state index contributed by atoms with van der Waals surface area (Å²) in [6.45, 7) is 12.0. The first-order valence-electron chi connectivity index (χ1n) is 6.35. The second kappa shape index (κ2) is 6.26. The van der Waals surface area contributed by atoms with E-state index < -0.39 is 0 Å². The molecule has 0 spiro atoms. The van der Waals surface area contributed by atoms with E-state index in [1.165, 1.54) is 0 Å². The Labute approximate surface area is 95.0 Å². The van der Waals surface area contributed by atoms with Gasteiger partial charge in [0, 0.05) is 6.04 Å². The maximum Gasteiger partial charge on any atom is 0.146 e. The lowest BCUT2D eigenvalue weighted by atomic mass is 10.1. The average Bonchev–Trinajstić information content (AvgIpc) is 2.73. The quantitative estimate of drug-likeness (QED) is 0.667. The van der Waals surface area contributed by atoms with Gasteiger partial charge in [0.15, 0.2) is 0 Å². The Morgan fingerprint density at radius 1 is 1.20 bits per heavy atom. The number of piperidine rings is 1. The van der Waals surface area contributed by atoms with Crippen LogP contribution >= 0.6 is 0 Å². The number of likely N-dealkylation sites (tertiary alicyclic amines) is 1. The molecule has 1 heterocycles. The molecule has 15 heavy (non-hydrogen) atoms. The first-order valence-corrected chi connectivity index (χ1v) is 6.35. The molecule has 1 aliphatic carbocycles. The molecule has 2 nitrogen and oxygen atoms in total. The molecule has 2 unspecified atom stereocenters. The Morgan fingerprint density at radius 2 is 1.67 bits per heavy atom. The molecule has 90 valence electrons. The number of ketones is 1. The van der Waals surface area contributed by atoms with Crippen LogP contribution in [0.1, 0.15) is 48.0 Å². The summed E-state index contributed by atoms with van der Waals surface area (Å²) in [5.74, 6) is 2.01. The van der Waals surface area contributed by atoms with Crippen LogP contribution in [-0.2, 0) is 4.79 Å². The number of fused-ring (bicyclic) bond motifs is 1. The van der Waals surface area contributed by atoms with Gasteiger partial charge in [-0.25, -0.2) is 0 Å². The molecule has 0 N–H and O–H groups in total. The minimum absolute atomic E-state index is 0.237. The number of likely N-dealkylation sites (N-methyl/N-ethyl adjacent to an activating group) is 1.